The Hall–Kier alpha value is -1.35. The molecule has 1 aromatic rings. The average Bonchev–Trinajstić information content (AvgIpc) is 2.35. The zero-order valence-corrected chi connectivity index (χ0v) is 12.2. The first-order valence-electron chi connectivity index (χ1n) is 6.39. The molecule has 1 unspecified atom stereocenters. The van der Waals surface area contributed by atoms with Gasteiger partial charge in [0.2, 0.25) is 0 Å². The fourth-order valence-corrected chi connectivity index (χ4v) is 1.72. The minimum absolute atomic E-state index is 0.0147. The highest BCUT2D eigenvalue weighted by molar-refractivity contribution is 6.30. The SMILES string of the molecule is CC(C)OC(=O)C(C)CCC(=O)c1ccc(Cl)cc1. The van der Waals surface area contributed by atoms with Crippen molar-refractivity contribution in [3.63, 3.8) is 0 Å². The lowest BCUT2D eigenvalue weighted by molar-refractivity contribution is -0.151. The first kappa shape index (κ1) is 15.7. The third-order valence-corrected chi connectivity index (χ3v) is 2.98. The van der Waals surface area contributed by atoms with Crippen LogP contribution in [0.1, 0.15) is 44.0 Å². The summed E-state index contributed by atoms with van der Waals surface area (Å²) in [5.74, 6) is -0.501. The maximum atomic E-state index is 11.9. The van der Waals surface area contributed by atoms with Gasteiger partial charge in [-0.15, -0.1) is 0 Å². The van der Waals surface area contributed by atoms with Crippen molar-refractivity contribution in [1.82, 2.24) is 0 Å². The molecule has 0 aromatic heterocycles. The van der Waals surface area contributed by atoms with Crippen LogP contribution in [0.2, 0.25) is 5.02 Å². The van der Waals surface area contributed by atoms with Gasteiger partial charge in [0, 0.05) is 17.0 Å². The zero-order chi connectivity index (χ0) is 14.4. The maximum Gasteiger partial charge on any atom is 0.308 e. The number of halogens is 1. The molecule has 0 heterocycles. The summed E-state index contributed by atoms with van der Waals surface area (Å²) in [4.78, 5) is 23.5. The zero-order valence-electron chi connectivity index (χ0n) is 11.5. The van der Waals surface area contributed by atoms with Crippen molar-refractivity contribution >= 4 is 23.4 Å². The summed E-state index contributed by atoms with van der Waals surface area (Å²) in [6, 6.07) is 6.76. The second-order valence-electron chi connectivity index (χ2n) is 4.86. The van der Waals surface area contributed by atoms with Crippen LogP contribution in [-0.4, -0.2) is 17.9 Å². The maximum absolute atomic E-state index is 11.9. The van der Waals surface area contributed by atoms with E-state index >= 15 is 0 Å². The predicted molar refractivity (Wildman–Crippen MR) is 75.4 cm³/mol. The normalized spacial score (nSPS) is 12.3. The van der Waals surface area contributed by atoms with Gasteiger partial charge in [0.05, 0.1) is 12.0 Å². The third kappa shape index (κ3) is 5.43. The minimum atomic E-state index is -0.265. The van der Waals surface area contributed by atoms with Crippen molar-refractivity contribution in [2.75, 3.05) is 0 Å². The molecule has 0 N–H and O–H groups in total. The fraction of sp³-hybridized carbons (Fsp3) is 0.467. The quantitative estimate of drug-likeness (QED) is 0.587. The van der Waals surface area contributed by atoms with E-state index in [0.29, 0.717) is 23.4 Å². The first-order valence-corrected chi connectivity index (χ1v) is 6.77. The average molecular weight is 283 g/mol. The smallest absolute Gasteiger partial charge is 0.308 e. The van der Waals surface area contributed by atoms with Gasteiger partial charge in [-0.2, -0.15) is 0 Å². The molecule has 19 heavy (non-hydrogen) atoms. The van der Waals surface area contributed by atoms with Crippen LogP contribution in [0, 0.1) is 5.92 Å². The summed E-state index contributed by atoms with van der Waals surface area (Å²) in [5, 5.41) is 0.602. The largest absolute Gasteiger partial charge is 0.463 e. The van der Waals surface area contributed by atoms with E-state index in [-0.39, 0.29) is 23.8 Å². The lowest BCUT2D eigenvalue weighted by atomic mass is 10.00. The minimum Gasteiger partial charge on any atom is -0.463 e. The number of carbonyl (C=O) groups excluding carboxylic acids is 2. The standard InChI is InChI=1S/C15H19ClO3/c1-10(2)19-15(18)11(3)4-9-14(17)12-5-7-13(16)8-6-12/h5-8,10-11H,4,9H2,1-3H3. The summed E-state index contributed by atoms with van der Waals surface area (Å²) in [6.45, 7) is 5.40. The van der Waals surface area contributed by atoms with E-state index in [9.17, 15) is 9.59 Å². The van der Waals surface area contributed by atoms with Gasteiger partial charge in [0.25, 0.3) is 0 Å². The van der Waals surface area contributed by atoms with Crippen LogP contribution in [0.3, 0.4) is 0 Å². The number of Topliss-reactive ketones (excluding diaryl/α,β-unsaturated/α-hetero) is 1. The highest BCUT2D eigenvalue weighted by atomic mass is 35.5. The van der Waals surface area contributed by atoms with Crippen LogP contribution in [0.5, 0.6) is 0 Å². The Labute approximate surface area is 118 Å². The van der Waals surface area contributed by atoms with Crippen LogP contribution in [0.4, 0.5) is 0 Å². The van der Waals surface area contributed by atoms with Gasteiger partial charge in [-0.1, -0.05) is 18.5 Å². The molecule has 104 valence electrons. The highest BCUT2D eigenvalue weighted by Gasteiger charge is 2.17. The Bertz CT molecular complexity index is 437. The summed E-state index contributed by atoms with van der Waals surface area (Å²) in [7, 11) is 0. The highest BCUT2D eigenvalue weighted by Crippen LogP contribution is 2.15. The van der Waals surface area contributed by atoms with Crippen molar-refractivity contribution < 1.29 is 14.3 Å². The number of rotatable bonds is 6. The molecule has 0 spiro atoms. The molecule has 1 atom stereocenters. The number of ether oxygens (including phenoxy) is 1. The van der Waals surface area contributed by atoms with Gasteiger partial charge in [-0.05, 0) is 44.5 Å². The molecule has 0 bridgehead atoms. The molecule has 0 saturated heterocycles. The molecular weight excluding hydrogens is 264 g/mol. The van der Waals surface area contributed by atoms with Crippen molar-refractivity contribution in [2.24, 2.45) is 5.92 Å². The molecule has 0 aliphatic rings. The first-order chi connectivity index (χ1) is 8.90. The Morgan fingerprint density at radius 2 is 1.74 bits per heavy atom. The van der Waals surface area contributed by atoms with E-state index in [2.05, 4.69) is 0 Å². The van der Waals surface area contributed by atoms with Crippen molar-refractivity contribution in [1.29, 1.82) is 0 Å². The Morgan fingerprint density at radius 1 is 1.16 bits per heavy atom. The van der Waals surface area contributed by atoms with Gasteiger partial charge < -0.3 is 4.74 Å². The van der Waals surface area contributed by atoms with Crippen LogP contribution < -0.4 is 0 Å². The van der Waals surface area contributed by atoms with Crippen LogP contribution in [0.15, 0.2) is 24.3 Å². The van der Waals surface area contributed by atoms with E-state index in [4.69, 9.17) is 16.3 Å². The lowest BCUT2D eigenvalue weighted by Crippen LogP contribution is -2.19. The van der Waals surface area contributed by atoms with Gasteiger partial charge in [0.15, 0.2) is 5.78 Å². The molecule has 1 rings (SSSR count). The molecule has 1 aromatic carbocycles. The molecule has 0 amide bonds. The summed E-state index contributed by atoms with van der Waals surface area (Å²) >= 11 is 5.76. The molecule has 0 aliphatic heterocycles. The van der Waals surface area contributed by atoms with Crippen molar-refractivity contribution in [2.45, 2.75) is 39.7 Å². The third-order valence-electron chi connectivity index (χ3n) is 2.72. The molecule has 4 heteroatoms. The van der Waals surface area contributed by atoms with Gasteiger partial charge >= 0.3 is 5.97 Å². The number of esters is 1. The fourth-order valence-electron chi connectivity index (χ4n) is 1.59. The number of ketones is 1. The van der Waals surface area contributed by atoms with Crippen LogP contribution in [-0.2, 0) is 9.53 Å². The predicted octanol–water partition coefficient (Wildman–Crippen LogP) is 3.89. The van der Waals surface area contributed by atoms with Crippen LogP contribution in [0.25, 0.3) is 0 Å². The number of hydrogen-bond donors (Lipinski definition) is 0. The number of benzene rings is 1. The second-order valence-corrected chi connectivity index (χ2v) is 5.29. The summed E-state index contributed by atoms with van der Waals surface area (Å²) in [5.41, 5.74) is 0.619. The van der Waals surface area contributed by atoms with Gasteiger partial charge in [-0.25, -0.2) is 0 Å². The molecule has 3 nitrogen and oxygen atoms in total. The molecule has 0 radical (unpaired) electrons. The molecule has 0 aliphatic carbocycles. The molecule has 0 saturated carbocycles. The summed E-state index contributed by atoms with van der Waals surface area (Å²) < 4.78 is 5.10. The van der Waals surface area contributed by atoms with E-state index in [0.717, 1.165) is 0 Å². The number of hydrogen-bond acceptors (Lipinski definition) is 3. The van der Waals surface area contributed by atoms with Gasteiger partial charge in [0.1, 0.15) is 0 Å². The molecular formula is C15H19ClO3. The number of carbonyl (C=O) groups is 2. The second kappa shape index (κ2) is 7.29. The molecule has 0 fully saturated rings. The Balaban J connectivity index is 2.46. The van der Waals surface area contributed by atoms with E-state index in [1.807, 2.05) is 13.8 Å². The van der Waals surface area contributed by atoms with Crippen molar-refractivity contribution in [3.8, 4) is 0 Å². The Morgan fingerprint density at radius 3 is 2.26 bits per heavy atom. The van der Waals surface area contributed by atoms with Crippen LogP contribution >= 0.6 is 11.6 Å². The summed E-state index contributed by atoms with van der Waals surface area (Å²) in [6.07, 6.45) is 0.699. The van der Waals surface area contributed by atoms with E-state index in [1.165, 1.54) is 0 Å². The lowest BCUT2D eigenvalue weighted by Gasteiger charge is -2.13. The van der Waals surface area contributed by atoms with E-state index < -0.39 is 0 Å². The Kier molecular flexibility index (Phi) is 6.03. The topological polar surface area (TPSA) is 43.4 Å². The van der Waals surface area contributed by atoms with Crippen molar-refractivity contribution in [3.05, 3.63) is 34.9 Å². The van der Waals surface area contributed by atoms with Gasteiger partial charge in [-0.3, -0.25) is 9.59 Å². The monoisotopic (exact) mass is 282 g/mol. The van der Waals surface area contributed by atoms with E-state index in [1.54, 1.807) is 31.2 Å².